The number of fused-ring (bicyclic) bond motifs is 1. The highest BCUT2D eigenvalue weighted by molar-refractivity contribution is 7.19. The molecule has 0 atom stereocenters. The van der Waals surface area contributed by atoms with Gasteiger partial charge in [-0.2, -0.15) is 8.78 Å². The van der Waals surface area contributed by atoms with E-state index in [1.807, 2.05) is 36.2 Å². The van der Waals surface area contributed by atoms with Crippen LogP contribution in [0, 0.1) is 0 Å². The van der Waals surface area contributed by atoms with Crippen LogP contribution in [-0.2, 0) is 13.1 Å². The van der Waals surface area contributed by atoms with Crippen molar-refractivity contribution in [3.8, 4) is 0 Å². The van der Waals surface area contributed by atoms with Crippen LogP contribution in [0.4, 0.5) is 8.78 Å². The van der Waals surface area contributed by atoms with Crippen molar-refractivity contribution in [3.63, 3.8) is 0 Å². The van der Waals surface area contributed by atoms with Crippen LogP contribution < -0.4 is 0 Å². The summed E-state index contributed by atoms with van der Waals surface area (Å²) in [6.07, 6.45) is 2.68. The highest BCUT2D eigenvalue weighted by Gasteiger charge is 2.15. The number of hydrogen-bond acceptors (Lipinski definition) is 3. The molecule has 0 N–H and O–H groups in total. The van der Waals surface area contributed by atoms with Crippen molar-refractivity contribution in [1.29, 1.82) is 0 Å². The first-order valence-corrected chi connectivity index (χ1v) is 7.90. The van der Waals surface area contributed by atoms with E-state index in [9.17, 15) is 8.78 Å². The van der Waals surface area contributed by atoms with Crippen molar-refractivity contribution in [3.05, 3.63) is 52.4 Å². The minimum atomic E-state index is -2.57. The quantitative estimate of drug-likeness (QED) is 0.666. The maximum absolute atomic E-state index is 12.8. The fourth-order valence-corrected chi connectivity index (χ4v) is 3.93. The lowest BCUT2D eigenvalue weighted by atomic mass is 10.2. The second-order valence-electron chi connectivity index (χ2n) is 5.04. The summed E-state index contributed by atoms with van der Waals surface area (Å²) >= 11 is 8.03. The zero-order valence-electron chi connectivity index (χ0n) is 11.8. The van der Waals surface area contributed by atoms with E-state index in [-0.39, 0.29) is 0 Å². The van der Waals surface area contributed by atoms with Crippen molar-refractivity contribution in [1.82, 2.24) is 14.5 Å². The van der Waals surface area contributed by atoms with Crippen LogP contribution in [-0.4, -0.2) is 21.5 Å². The third-order valence-electron chi connectivity index (χ3n) is 3.39. The lowest BCUT2D eigenvalue weighted by Crippen LogP contribution is -2.20. The lowest BCUT2D eigenvalue weighted by Gasteiger charge is -2.16. The Hall–Kier alpha value is -1.50. The van der Waals surface area contributed by atoms with Gasteiger partial charge in [0.15, 0.2) is 0 Å². The van der Waals surface area contributed by atoms with E-state index < -0.39 is 6.55 Å². The Morgan fingerprint density at radius 2 is 2.09 bits per heavy atom. The molecule has 0 radical (unpaired) electrons. The van der Waals surface area contributed by atoms with Gasteiger partial charge in [0, 0.05) is 33.9 Å². The first-order valence-electron chi connectivity index (χ1n) is 6.70. The molecule has 0 aliphatic rings. The van der Waals surface area contributed by atoms with Crippen LogP contribution in [0.2, 0.25) is 5.02 Å². The topological polar surface area (TPSA) is 21.1 Å². The summed E-state index contributed by atoms with van der Waals surface area (Å²) in [5.41, 5.74) is 0. The molecule has 3 nitrogen and oxygen atoms in total. The minimum absolute atomic E-state index is 0.335. The van der Waals surface area contributed by atoms with Crippen molar-refractivity contribution in [2.75, 3.05) is 7.05 Å². The Bertz CT molecular complexity index is 784. The second kappa shape index (κ2) is 6.32. The third kappa shape index (κ3) is 2.99. The molecule has 1 aromatic carbocycles. The van der Waals surface area contributed by atoms with Crippen LogP contribution >= 0.6 is 22.9 Å². The maximum Gasteiger partial charge on any atom is 0.319 e. The van der Waals surface area contributed by atoms with Gasteiger partial charge in [-0.15, -0.1) is 11.3 Å². The summed E-state index contributed by atoms with van der Waals surface area (Å²) < 4.78 is 27.7. The molecular weight excluding hydrogens is 328 g/mol. The molecule has 0 aliphatic heterocycles. The maximum atomic E-state index is 12.8. The van der Waals surface area contributed by atoms with Crippen LogP contribution in [0.5, 0.6) is 0 Å². The smallest absolute Gasteiger partial charge is 0.294 e. The predicted molar refractivity (Wildman–Crippen MR) is 85.5 cm³/mol. The van der Waals surface area contributed by atoms with Gasteiger partial charge >= 0.3 is 6.55 Å². The molecular formula is C15H14ClF2N3S. The predicted octanol–water partition coefficient (Wildman–Crippen LogP) is 4.78. The monoisotopic (exact) mass is 341 g/mol. The van der Waals surface area contributed by atoms with Crippen LogP contribution in [0.15, 0.2) is 36.7 Å². The number of imidazole rings is 1. The molecule has 116 valence electrons. The van der Waals surface area contributed by atoms with Gasteiger partial charge < -0.3 is 0 Å². The van der Waals surface area contributed by atoms with E-state index in [2.05, 4.69) is 4.98 Å². The molecule has 3 aromatic rings. The molecule has 0 spiro atoms. The van der Waals surface area contributed by atoms with Crippen LogP contribution in [0.3, 0.4) is 0 Å². The Morgan fingerprint density at radius 3 is 2.82 bits per heavy atom. The normalized spacial score (nSPS) is 11.9. The van der Waals surface area contributed by atoms with E-state index in [4.69, 9.17) is 11.6 Å². The number of alkyl halides is 2. The number of aromatic nitrogens is 2. The molecule has 22 heavy (non-hydrogen) atoms. The van der Waals surface area contributed by atoms with E-state index in [1.165, 1.54) is 12.4 Å². The molecule has 0 fully saturated rings. The summed E-state index contributed by atoms with van der Waals surface area (Å²) in [6, 6.07) is 7.94. The van der Waals surface area contributed by atoms with Crippen LogP contribution in [0.25, 0.3) is 10.1 Å². The molecule has 0 aliphatic carbocycles. The fraction of sp³-hybridized carbons (Fsp3) is 0.267. The average molecular weight is 342 g/mol. The zero-order valence-corrected chi connectivity index (χ0v) is 13.4. The summed E-state index contributed by atoms with van der Waals surface area (Å²) in [4.78, 5) is 6.95. The van der Waals surface area contributed by atoms with E-state index in [0.29, 0.717) is 18.9 Å². The van der Waals surface area contributed by atoms with Gasteiger partial charge in [-0.1, -0.05) is 29.8 Å². The Labute approximate surface area is 135 Å². The number of halogens is 3. The second-order valence-corrected chi connectivity index (χ2v) is 6.55. The van der Waals surface area contributed by atoms with E-state index >= 15 is 0 Å². The van der Waals surface area contributed by atoms with E-state index in [1.54, 1.807) is 11.3 Å². The highest BCUT2D eigenvalue weighted by atomic mass is 35.5. The number of rotatable bonds is 5. The Morgan fingerprint density at radius 1 is 1.32 bits per heavy atom. The third-order valence-corrected chi connectivity index (χ3v) is 5.08. The van der Waals surface area contributed by atoms with Gasteiger partial charge in [0.05, 0.1) is 11.6 Å². The lowest BCUT2D eigenvalue weighted by molar-refractivity contribution is 0.0644. The molecule has 0 bridgehead atoms. The molecule has 7 heteroatoms. The molecule has 3 rings (SSSR count). The van der Waals surface area contributed by atoms with Gasteiger partial charge in [-0.05, 0) is 13.1 Å². The van der Waals surface area contributed by atoms with Gasteiger partial charge in [0.1, 0.15) is 5.82 Å². The highest BCUT2D eigenvalue weighted by Crippen LogP contribution is 2.35. The average Bonchev–Trinajstić information content (AvgIpc) is 3.05. The molecule has 0 amide bonds. The van der Waals surface area contributed by atoms with Crippen molar-refractivity contribution in [2.45, 2.75) is 19.6 Å². The molecule has 2 aromatic heterocycles. The summed E-state index contributed by atoms with van der Waals surface area (Å²) in [7, 11) is 1.87. The molecule has 0 saturated heterocycles. The van der Waals surface area contributed by atoms with Crippen molar-refractivity contribution >= 4 is 33.0 Å². The Kier molecular flexibility index (Phi) is 4.42. The molecule has 0 unspecified atom stereocenters. The standard InChI is InChI=1S/C15H14ClF2N3S/c1-20(9-13-19-6-7-21(13)15(17)18)8-12-14(16)10-4-2-3-5-11(10)22-12/h2-7,15H,8-9H2,1H3. The summed E-state index contributed by atoms with van der Waals surface area (Å²) in [5.74, 6) is 0.342. The SMILES string of the molecule is CN(Cc1sc2ccccc2c1Cl)Cc1nccn1C(F)F. The minimum Gasteiger partial charge on any atom is -0.294 e. The number of benzene rings is 1. The fourth-order valence-electron chi connectivity index (χ4n) is 2.35. The first-order chi connectivity index (χ1) is 10.6. The molecule has 0 saturated carbocycles. The summed E-state index contributed by atoms with van der Waals surface area (Å²) in [5, 5.41) is 1.77. The van der Waals surface area contributed by atoms with Crippen molar-refractivity contribution < 1.29 is 8.78 Å². The largest absolute Gasteiger partial charge is 0.319 e. The number of hydrogen-bond donors (Lipinski definition) is 0. The van der Waals surface area contributed by atoms with Gasteiger partial charge in [-0.25, -0.2) is 4.98 Å². The van der Waals surface area contributed by atoms with E-state index in [0.717, 1.165) is 24.6 Å². The van der Waals surface area contributed by atoms with Crippen LogP contribution in [0.1, 0.15) is 17.3 Å². The summed E-state index contributed by atoms with van der Waals surface area (Å²) in [6.45, 7) is -1.64. The zero-order chi connectivity index (χ0) is 15.7. The molecule has 2 heterocycles. The first kappa shape index (κ1) is 15.4. The van der Waals surface area contributed by atoms with Crippen molar-refractivity contribution in [2.24, 2.45) is 0 Å². The van der Waals surface area contributed by atoms with Gasteiger partial charge in [-0.3, -0.25) is 9.47 Å². The van der Waals surface area contributed by atoms with Gasteiger partial charge in [0.25, 0.3) is 0 Å². The number of thiophene rings is 1. The number of nitrogens with zero attached hydrogens (tertiary/aromatic N) is 3. The van der Waals surface area contributed by atoms with Gasteiger partial charge in [0.2, 0.25) is 0 Å². The Balaban J connectivity index is 1.77.